The number of allylic oxidation sites excluding steroid dienone is 3. The monoisotopic (exact) mass is 308 g/mol. The molecule has 5 nitrogen and oxygen atoms in total. The van der Waals surface area contributed by atoms with Gasteiger partial charge in [0.15, 0.2) is 5.31 Å². The Labute approximate surface area is 124 Å². The third kappa shape index (κ3) is 4.55. The summed E-state index contributed by atoms with van der Waals surface area (Å²) in [6.07, 6.45) is 4.98. The Balaban J connectivity index is 3.06. The van der Waals surface area contributed by atoms with Crippen LogP contribution < -0.4 is 0 Å². The molecular weight excluding hydrogens is 291 g/mol. The Morgan fingerprint density at radius 3 is 2.24 bits per heavy atom. The molecule has 0 saturated heterocycles. The summed E-state index contributed by atoms with van der Waals surface area (Å²) in [5.74, 6) is 1.64. The van der Waals surface area contributed by atoms with Crippen LogP contribution in [0.2, 0.25) is 0 Å². The highest BCUT2D eigenvalue weighted by Crippen LogP contribution is 2.56. The van der Waals surface area contributed by atoms with Crippen molar-refractivity contribution in [2.24, 2.45) is 0 Å². The largest absolute Gasteiger partial charge is 0.495 e. The van der Waals surface area contributed by atoms with E-state index in [1.807, 2.05) is 36.4 Å². The fourth-order valence-corrected chi connectivity index (χ4v) is 2.61. The van der Waals surface area contributed by atoms with E-state index in [0.717, 1.165) is 5.56 Å². The molecule has 0 aliphatic rings. The molecule has 0 radical (unpaired) electrons. The van der Waals surface area contributed by atoms with Crippen molar-refractivity contribution in [2.75, 3.05) is 21.3 Å². The molecule has 0 aromatic heterocycles. The van der Waals surface area contributed by atoms with Gasteiger partial charge < -0.3 is 13.8 Å². The minimum absolute atomic E-state index is 0.0733. The zero-order chi connectivity index (χ0) is 15.7. The van der Waals surface area contributed by atoms with Crippen molar-refractivity contribution >= 4 is 19.6 Å². The van der Waals surface area contributed by atoms with Gasteiger partial charge in [-0.15, -0.1) is 0 Å². The highest BCUT2D eigenvalue weighted by molar-refractivity contribution is 7.59. The average Bonchev–Trinajstić information content (AvgIpc) is 2.54. The van der Waals surface area contributed by atoms with Gasteiger partial charge in [-0.2, -0.15) is 0 Å². The van der Waals surface area contributed by atoms with E-state index in [9.17, 15) is 9.36 Å². The van der Waals surface area contributed by atoms with E-state index >= 15 is 0 Å². The van der Waals surface area contributed by atoms with E-state index in [1.54, 1.807) is 12.0 Å². The van der Waals surface area contributed by atoms with Crippen LogP contribution in [0.4, 0.5) is 0 Å². The first-order chi connectivity index (χ1) is 10.1. The van der Waals surface area contributed by atoms with Crippen LogP contribution in [-0.4, -0.2) is 27.3 Å². The number of methoxy groups -OCH3 is 1. The molecule has 0 N–H and O–H groups in total. The molecular formula is C15H17O5P. The molecule has 0 bridgehead atoms. The molecule has 0 unspecified atom stereocenters. The van der Waals surface area contributed by atoms with E-state index < -0.39 is 7.60 Å². The summed E-state index contributed by atoms with van der Waals surface area (Å²) in [6.45, 7) is 0. The maximum atomic E-state index is 12.2. The molecule has 0 aliphatic heterocycles. The predicted molar refractivity (Wildman–Crippen MR) is 81.4 cm³/mol. The molecule has 112 valence electrons. The molecule has 0 fully saturated rings. The van der Waals surface area contributed by atoms with Gasteiger partial charge in [-0.1, -0.05) is 42.5 Å². The lowest BCUT2D eigenvalue weighted by molar-refractivity contribution is 0.270. The molecule has 1 aromatic rings. The highest BCUT2D eigenvalue weighted by Gasteiger charge is 2.32. The summed E-state index contributed by atoms with van der Waals surface area (Å²) >= 11 is 0. The fourth-order valence-electron chi connectivity index (χ4n) is 1.55. The second-order valence-corrected chi connectivity index (χ2v) is 5.99. The minimum Gasteiger partial charge on any atom is -0.495 e. The van der Waals surface area contributed by atoms with Crippen LogP contribution in [0.3, 0.4) is 0 Å². The van der Waals surface area contributed by atoms with Gasteiger partial charge in [-0.25, -0.2) is 4.79 Å². The van der Waals surface area contributed by atoms with E-state index in [0.29, 0.717) is 0 Å². The summed E-state index contributed by atoms with van der Waals surface area (Å²) in [6, 6.07) is 9.56. The molecule has 0 atom stereocenters. The summed E-state index contributed by atoms with van der Waals surface area (Å²) in [5.41, 5.74) is 0.975. The van der Waals surface area contributed by atoms with Crippen LogP contribution in [-0.2, 0) is 23.1 Å². The zero-order valence-corrected chi connectivity index (χ0v) is 13.0. The van der Waals surface area contributed by atoms with Crippen molar-refractivity contribution < 1.29 is 23.1 Å². The lowest BCUT2D eigenvalue weighted by atomic mass is 10.2. The second-order valence-electron chi connectivity index (χ2n) is 3.82. The Morgan fingerprint density at radius 2 is 1.76 bits per heavy atom. The van der Waals surface area contributed by atoms with E-state index in [2.05, 4.69) is 0 Å². The normalized spacial score (nSPS) is 12.2. The summed E-state index contributed by atoms with van der Waals surface area (Å²) < 4.78 is 26.8. The molecule has 0 aliphatic carbocycles. The molecule has 6 heteroatoms. The van der Waals surface area contributed by atoms with Crippen LogP contribution in [0.1, 0.15) is 5.56 Å². The van der Waals surface area contributed by atoms with Crippen LogP contribution >= 0.6 is 7.60 Å². The number of rotatable bonds is 7. The van der Waals surface area contributed by atoms with Gasteiger partial charge in [0.2, 0.25) is 0 Å². The third-order valence-corrected chi connectivity index (χ3v) is 4.46. The van der Waals surface area contributed by atoms with Gasteiger partial charge in [-0.05, 0) is 11.6 Å². The van der Waals surface area contributed by atoms with E-state index in [1.165, 1.54) is 27.4 Å². The standard InChI is InChI=1S/C15H17O5P/c1-18-14(15(12-16)21(17,19-2)20-3)11-7-10-13-8-5-4-6-9-13/h4-11H,1-3H3/b10-7+,14-11+. The zero-order valence-electron chi connectivity index (χ0n) is 12.1. The van der Waals surface area contributed by atoms with Crippen LogP contribution in [0.25, 0.3) is 6.08 Å². The maximum absolute atomic E-state index is 12.2. The SMILES string of the molecule is CO/C(=C/C=C/c1ccccc1)C(=C=O)P(=O)(OC)OC. The smallest absolute Gasteiger partial charge is 0.375 e. The van der Waals surface area contributed by atoms with E-state index in [4.69, 9.17) is 13.8 Å². The fraction of sp³-hybridized carbons (Fsp3) is 0.200. The first-order valence-corrected chi connectivity index (χ1v) is 7.60. The minimum atomic E-state index is -3.71. The number of benzene rings is 1. The number of hydrogen-bond donors (Lipinski definition) is 0. The molecule has 0 saturated carbocycles. The van der Waals surface area contributed by atoms with Gasteiger partial charge in [0.05, 0.1) is 7.11 Å². The first kappa shape index (κ1) is 17.2. The van der Waals surface area contributed by atoms with E-state index in [-0.39, 0.29) is 11.1 Å². The van der Waals surface area contributed by atoms with Crippen molar-refractivity contribution in [3.05, 3.63) is 59.1 Å². The van der Waals surface area contributed by atoms with Crippen molar-refractivity contribution in [3.63, 3.8) is 0 Å². The van der Waals surface area contributed by atoms with Gasteiger partial charge >= 0.3 is 7.60 Å². The van der Waals surface area contributed by atoms with Gasteiger partial charge in [0.1, 0.15) is 11.7 Å². The van der Waals surface area contributed by atoms with Crippen LogP contribution in [0, 0.1) is 0 Å². The third-order valence-electron chi connectivity index (χ3n) is 2.64. The average molecular weight is 308 g/mol. The Kier molecular flexibility index (Phi) is 6.86. The van der Waals surface area contributed by atoms with Crippen molar-refractivity contribution in [1.29, 1.82) is 0 Å². The van der Waals surface area contributed by atoms with Crippen molar-refractivity contribution in [1.82, 2.24) is 0 Å². The molecule has 0 spiro atoms. The van der Waals surface area contributed by atoms with Crippen LogP contribution in [0.5, 0.6) is 0 Å². The van der Waals surface area contributed by atoms with Gasteiger partial charge in [0, 0.05) is 14.2 Å². The lowest BCUT2D eigenvalue weighted by Crippen LogP contribution is -1.99. The molecule has 21 heavy (non-hydrogen) atoms. The highest BCUT2D eigenvalue weighted by atomic mass is 31.2. The van der Waals surface area contributed by atoms with Gasteiger partial charge in [-0.3, -0.25) is 4.57 Å². The predicted octanol–water partition coefficient (Wildman–Crippen LogP) is 3.43. The summed E-state index contributed by atoms with van der Waals surface area (Å²) in [7, 11) is 0.0245. The van der Waals surface area contributed by atoms with Crippen LogP contribution in [0.15, 0.2) is 53.6 Å². The first-order valence-electron chi connectivity index (χ1n) is 6.06. The van der Waals surface area contributed by atoms with Gasteiger partial charge in [0.25, 0.3) is 0 Å². The lowest BCUT2D eigenvalue weighted by Gasteiger charge is -2.15. The summed E-state index contributed by atoms with van der Waals surface area (Å²) in [4.78, 5) is 11.1. The number of ether oxygens (including phenoxy) is 1. The molecule has 0 amide bonds. The Hall–Kier alpha value is -1.90. The maximum Gasteiger partial charge on any atom is 0.375 e. The molecule has 1 aromatic carbocycles. The summed E-state index contributed by atoms with van der Waals surface area (Å²) in [5, 5.41) is -0.285. The quantitative estimate of drug-likeness (QED) is 0.334. The number of carbonyl (C=O) groups excluding carboxylic acids is 1. The second kappa shape index (κ2) is 8.40. The Morgan fingerprint density at radius 1 is 1.14 bits per heavy atom. The molecule has 1 rings (SSSR count). The van der Waals surface area contributed by atoms with Crippen molar-refractivity contribution in [2.45, 2.75) is 0 Å². The Bertz CT molecular complexity index is 604. The number of hydrogen-bond acceptors (Lipinski definition) is 5. The molecule has 0 heterocycles. The topological polar surface area (TPSA) is 61.8 Å². The van der Waals surface area contributed by atoms with Crippen molar-refractivity contribution in [3.8, 4) is 0 Å².